The summed E-state index contributed by atoms with van der Waals surface area (Å²) in [6, 6.07) is 1.65. The van der Waals surface area contributed by atoms with Gasteiger partial charge in [-0.15, -0.1) is 0 Å². The highest BCUT2D eigenvalue weighted by molar-refractivity contribution is 9.13. The molecule has 0 aromatic carbocycles. The van der Waals surface area contributed by atoms with Gasteiger partial charge in [-0.25, -0.2) is 0 Å². The molecule has 94 valence electrons. The summed E-state index contributed by atoms with van der Waals surface area (Å²) in [6.07, 6.45) is 0. The maximum atomic E-state index is 10.6. The first kappa shape index (κ1) is 14.2. The third-order valence-corrected chi connectivity index (χ3v) is 3.50. The predicted molar refractivity (Wildman–Crippen MR) is 64.7 cm³/mol. The van der Waals surface area contributed by atoms with Crippen molar-refractivity contribution in [1.29, 1.82) is 0 Å². The average molecular weight is 371 g/mol. The van der Waals surface area contributed by atoms with E-state index in [2.05, 4.69) is 31.9 Å². The first-order chi connectivity index (χ1) is 7.88. The Morgan fingerprint density at radius 1 is 1.24 bits per heavy atom. The lowest BCUT2D eigenvalue weighted by atomic mass is 10.4. The van der Waals surface area contributed by atoms with Gasteiger partial charge in [-0.05, 0) is 37.9 Å². The van der Waals surface area contributed by atoms with Gasteiger partial charge in [-0.1, -0.05) is 0 Å². The molecule has 1 aromatic rings. The zero-order valence-electron chi connectivity index (χ0n) is 8.52. The van der Waals surface area contributed by atoms with Crippen LogP contribution in [0.15, 0.2) is 19.6 Å². The maximum absolute atomic E-state index is 10.6. The number of furan rings is 1. The van der Waals surface area contributed by atoms with Gasteiger partial charge in [0.15, 0.2) is 4.67 Å². The summed E-state index contributed by atoms with van der Waals surface area (Å²) < 4.78 is 6.43. The average Bonchev–Trinajstić information content (AvgIpc) is 2.42. The van der Waals surface area contributed by atoms with Crippen LogP contribution in [-0.4, -0.2) is 40.1 Å². The molecule has 0 amide bonds. The maximum Gasteiger partial charge on any atom is 0.317 e. The molecule has 0 saturated carbocycles. The van der Waals surface area contributed by atoms with Gasteiger partial charge in [-0.3, -0.25) is 14.5 Å². The number of rotatable bonds is 6. The Morgan fingerprint density at radius 2 is 1.76 bits per heavy atom. The van der Waals surface area contributed by atoms with Crippen molar-refractivity contribution in [2.75, 3.05) is 13.1 Å². The lowest BCUT2D eigenvalue weighted by molar-refractivity contribution is -0.142. The molecule has 6 nitrogen and oxygen atoms in total. The van der Waals surface area contributed by atoms with E-state index in [4.69, 9.17) is 14.6 Å². The van der Waals surface area contributed by atoms with Crippen molar-refractivity contribution in [2.45, 2.75) is 6.54 Å². The van der Waals surface area contributed by atoms with Crippen LogP contribution in [0.25, 0.3) is 0 Å². The molecule has 1 aromatic heterocycles. The summed E-state index contributed by atoms with van der Waals surface area (Å²) in [6.45, 7) is -0.604. The smallest absolute Gasteiger partial charge is 0.317 e. The van der Waals surface area contributed by atoms with Gasteiger partial charge in [0.2, 0.25) is 0 Å². The van der Waals surface area contributed by atoms with E-state index >= 15 is 0 Å². The largest absolute Gasteiger partial charge is 0.480 e. The molecule has 0 spiro atoms. The lowest BCUT2D eigenvalue weighted by Gasteiger charge is -2.15. The molecule has 0 radical (unpaired) electrons. The van der Waals surface area contributed by atoms with Gasteiger partial charge in [0.25, 0.3) is 0 Å². The van der Waals surface area contributed by atoms with E-state index in [9.17, 15) is 9.59 Å². The highest BCUT2D eigenvalue weighted by Crippen LogP contribution is 2.27. The fourth-order valence-electron chi connectivity index (χ4n) is 1.24. The van der Waals surface area contributed by atoms with Gasteiger partial charge < -0.3 is 14.6 Å². The van der Waals surface area contributed by atoms with Crippen LogP contribution in [0, 0.1) is 0 Å². The molecule has 0 unspecified atom stereocenters. The number of nitrogens with zero attached hydrogens (tertiary/aromatic N) is 1. The topological polar surface area (TPSA) is 91.0 Å². The van der Waals surface area contributed by atoms with Gasteiger partial charge >= 0.3 is 11.9 Å². The summed E-state index contributed by atoms with van der Waals surface area (Å²) in [7, 11) is 0. The van der Waals surface area contributed by atoms with E-state index in [0.29, 0.717) is 14.9 Å². The summed E-state index contributed by atoms with van der Waals surface area (Å²) in [5, 5.41) is 17.3. The normalized spacial score (nSPS) is 10.8. The summed E-state index contributed by atoms with van der Waals surface area (Å²) in [4.78, 5) is 22.4. The molecule has 0 aliphatic rings. The Morgan fingerprint density at radius 3 is 2.12 bits per heavy atom. The van der Waals surface area contributed by atoms with E-state index in [1.807, 2.05) is 0 Å². The van der Waals surface area contributed by atoms with Crippen molar-refractivity contribution in [3.63, 3.8) is 0 Å². The zero-order chi connectivity index (χ0) is 13.0. The van der Waals surface area contributed by atoms with Crippen LogP contribution >= 0.6 is 31.9 Å². The van der Waals surface area contributed by atoms with Crippen LogP contribution in [0.2, 0.25) is 0 Å². The van der Waals surface area contributed by atoms with Crippen molar-refractivity contribution in [1.82, 2.24) is 4.90 Å². The Balaban J connectivity index is 2.70. The summed E-state index contributed by atoms with van der Waals surface area (Å²) >= 11 is 6.36. The van der Waals surface area contributed by atoms with E-state index in [-0.39, 0.29) is 19.6 Å². The molecule has 17 heavy (non-hydrogen) atoms. The van der Waals surface area contributed by atoms with Gasteiger partial charge in [0.1, 0.15) is 5.76 Å². The standard InChI is InChI=1S/C9H9Br2NO5/c10-6-1-5(17-9(6)11)2-12(3-7(13)14)4-8(15)16/h1H,2-4H2,(H,13,14)(H,15,16). The van der Waals surface area contributed by atoms with E-state index in [1.54, 1.807) is 6.07 Å². The molecule has 0 saturated heterocycles. The van der Waals surface area contributed by atoms with Crippen LogP contribution in [0.5, 0.6) is 0 Å². The van der Waals surface area contributed by atoms with Gasteiger partial charge in [0.05, 0.1) is 24.1 Å². The molecule has 8 heteroatoms. The fourth-order valence-corrected chi connectivity index (χ4v) is 1.90. The second-order valence-electron chi connectivity index (χ2n) is 3.27. The minimum absolute atomic E-state index is 0.114. The van der Waals surface area contributed by atoms with Crippen LogP contribution in [0.3, 0.4) is 0 Å². The first-order valence-corrected chi connectivity index (χ1v) is 6.06. The number of aliphatic carboxylic acids is 2. The Labute approximate surface area is 113 Å². The lowest BCUT2D eigenvalue weighted by Crippen LogP contribution is -2.33. The van der Waals surface area contributed by atoms with Gasteiger partial charge in [0, 0.05) is 0 Å². The number of carboxylic acids is 2. The van der Waals surface area contributed by atoms with Gasteiger partial charge in [-0.2, -0.15) is 0 Å². The molecule has 0 bridgehead atoms. The van der Waals surface area contributed by atoms with E-state index in [0.717, 1.165) is 0 Å². The summed E-state index contributed by atoms with van der Waals surface area (Å²) in [5.41, 5.74) is 0. The minimum atomic E-state index is -1.09. The molecule has 2 N–H and O–H groups in total. The van der Waals surface area contributed by atoms with E-state index in [1.165, 1.54) is 4.90 Å². The molecule has 1 rings (SSSR count). The monoisotopic (exact) mass is 369 g/mol. The number of carboxylic acid groups (broad SMARTS) is 2. The molecule has 0 aliphatic heterocycles. The minimum Gasteiger partial charge on any atom is -0.480 e. The second-order valence-corrected chi connectivity index (χ2v) is 4.84. The van der Waals surface area contributed by atoms with Crippen molar-refractivity contribution >= 4 is 43.8 Å². The SMILES string of the molecule is O=C(O)CN(CC(=O)O)Cc1cc(Br)c(Br)o1. The third-order valence-electron chi connectivity index (χ3n) is 1.79. The van der Waals surface area contributed by atoms with Crippen LogP contribution in [-0.2, 0) is 16.1 Å². The quantitative estimate of drug-likeness (QED) is 0.793. The Hall–Kier alpha value is -0.860. The molecular weight excluding hydrogens is 362 g/mol. The molecule has 0 atom stereocenters. The zero-order valence-corrected chi connectivity index (χ0v) is 11.7. The molecule has 0 fully saturated rings. The number of hydrogen-bond acceptors (Lipinski definition) is 4. The second kappa shape index (κ2) is 6.18. The predicted octanol–water partition coefficient (Wildman–Crippen LogP) is 1.78. The number of carbonyl (C=O) groups is 2. The third kappa shape index (κ3) is 4.88. The highest BCUT2D eigenvalue weighted by atomic mass is 79.9. The molecular formula is C9H9Br2NO5. The van der Waals surface area contributed by atoms with Crippen molar-refractivity contribution in [2.24, 2.45) is 0 Å². The first-order valence-electron chi connectivity index (χ1n) is 4.48. The van der Waals surface area contributed by atoms with E-state index < -0.39 is 11.9 Å². The van der Waals surface area contributed by atoms with Crippen LogP contribution in [0.1, 0.15) is 5.76 Å². The summed E-state index contributed by atoms with van der Waals surface area (Å²) in [5.74, 6) is -1.70. The van der Waals surface area contributed by atoms with Crippen molar-refractivity contribution in [3.05, 3.63) is 21.0 Å². The number of hydrogen-bond donors (Lipinski definition) is 2. The van der Waals surface area contributed by atoms with Crippen molar-refractivity contribution < 1.29 is 24.2 Å². The molecule has 0 aliphatic carbocycles. The number of halogens is 2. The Kier molecular flexibility index (Phi) is 5.16. The molecule has 1 heterocycles. The fraction of sp³-hybridized carbons (Fsp3) is 0.333. The highest BCUT2D eigenvalue weighted by Gasteiger charge is 2.16. The van der Waals surface area contributed by atoms with Crippen molar-refractivity contribution in [3.8, 4) is 0 Å². The van der Waals surface area contributed by atoms with Crippen LogP contribution < -0.4 is 0 Å². The van der Waals surface area contributed by atoms with Crippen LogP contribution in [0.4, 0.5) is 0 Å². The Bertz CT molecular complexity index is 396.